The fourth-order valence-electron chi connectivity index (χ4n) is 3.30. The number of carbonyl (C=O) groups excluding carboxylic acids is 1. The summed E-state index contributed by atoms with van der Waals surface area (Å²) in [6, 6.07) is -0.239. The molecule has 0 saturated carbocycles. The molecule has 0 aromatic heterocycles. The van der Waals surface area contributed by atoms with Crippen LogP contribution >= 0.6 is 8.10 Å². The molecule has 0 aromatic carbocycles. The van der Waals surface area contributed by atoms with Crippen LogP contribution in [0.3, 0.4) is 0 Å². The molecule has 0 saturated heterocycles. The standard InChI is InChI=1S/C19H36N2O3P/c1-14(2)12-17(16(5)6)20-10-8-9-11-21(25(20)23)18(13-15(3)4)19(22)24-7/h8-9,14-18H,10-13H2,1-7H3/q+1/t17-,18?/m0/s1. The van der Waals surface area contributed by atoms with Gasteiger partial charge in [-0.25, -0.2) is 0 Å². The minimum Gasteiger partial charge on any atom is -0.468 e. The minimum atomic E-state index is -1.80. The van der Waals surface area contributed by atoms with Crippen molar-refractivity contribution in [3.8, 4) is 0 Å². The first-order valence-corrected chi connectivity index (χ1v) is 10.6. The summed E-state index contributed by atoms with van der Waals surface area (Å²) in [7, 11) is -0.396. The average Bonchev–Trinajstić information content (AvgIpc) is 2.71. The Labute approximate surface area is 154 Å². The van der Waals surface area contributed by atoms with E-state index in [1.807, 2.05) is 10.7 Å². The maximum Gasteiger partial charge on any atom is 0.539 e. The van der Waals surface area contributed by atoms with Crippen molar-refractivity contribution in [2.45, 2.75) is 66.5 Å². The van der Waals surface area contributed by atoms with E-state index in [-0.39, 0.29) is 12.0 Å². The van der Waals surface area contributed by atoms with E-state index < -0.39 is 14.1 Å². The Morgan fingerprint density at radius 3 is 1.96 bits per heavy atom. The second kappa shape index (κ2) is 10.4. The van der Waals surface area contributed by atoms with Crippen LogP contribution < -0.4 is 0 Å². The van der Waals surface area contributed by atoms with E-state index in [0.29, 0.717) is 37.3 Å². The van der Waals surface area contributed by atoms with Gasteiger partial charge in [-0.3, -0.25) is 4.79 Å². The molecule has 0 radical (unpaired) electrons. The Kier molecular flexibility index (Phi) is 9.26. The van der Waals surface area contributed by atoms with Gasteiger partial charge >= 0.3 is 14.1 Å². The summed E-state index contributed by atoms with van der Waals surface area (Å²) in [5.41, 5.74) is 0. The van der Waals surface area contributed by atoms with Crippen LogP contribution in [-0.4, -0.2) is 47.6 Å². The molecule has 25 heavy (non-hydrogen) atoms. The van der Waals surface area contributed by atoms with E-state index in [0.717, 1.165) is 6.42 Å². The Hall–Kier alpha value is -0.770. The van der Waals surface area contributed by atoms with Crippen molar-refractivity contribution in [3.05, 3.63) is 12.2 Å². The van der Waals surface area contributed by atoms with Gasteiger partial charge in [0.25, 0.3) is 0 Å². The van der Waals surface area contributed by atoms with Gasteiger partial charge in [0.1, 0.15) is 0 Å². The quantitative estimate of drug-likeness (QED) is 0.358. The van der Waals surface area contributed by atoms with E-state index in [4.69, 9.17) is 4.74 Å². The normalized spacial score (nSPS) is 21.0. The highest BCUT2D eigenvalue weighted by molar-refractivity contribution is 7.39. The fraction of sp³-hybridized carbons (Fsp3) is 0.842. The van der Waals surface area contributed by atoms with Gasteiger partial charge in [-0.15, -0.1) is 0 Å². The van der Waals surface area contributed by atoms with Crippen molar-refractivity contribution in [3.63, 3.8) is 0 Å². The van der Waals surface area contributed by atoms with Crippen molar-refractivity contribution < 1.29 is 14.1 Å². The molecule has 1 aliphatic heterocycles. The van der Waals surface area contributed by atoms with E-state index in [1.54, 1.807) is 0 Å². The van der Waals surface area contributed by atoms with Crippen LogP contribution in [0.2, 0.25) is 0 Å². The van der Waals surface area contributed by atoms with Gasteiger partial charge in [0.15, 0.2) is 6.04 Å². The van der Waals surface area contributed by atoms with Crippen molar-refractivity contribution in [2.75, 3.05) is 20.2 Å². The number of hydrogen-bond donors (Lipinski definition) is 0. The molecule has 0 aliphatic carbocycles. The molecule has 1 aliphatic rings. The highest BCUT2D eigenvalue weighted by Gasteiger charge is 2.48. The van der Waals surface area contributed by atoms with Gasteiger partial charge in [0.05, 0.1) is 26.2 Å². The number of carbonyl (C=O) groups is 1. The predicted molar refractivity (Wildman–Crippen MR) is 103 cm³/mol. The lowest BCUT2D eigenvalue weighted by atomic mass is 9.94. The van der Waals surface area contributed by atoms with Crippen LogP contribution in [0.15, 0.2) is 12.2 Å². The first kappa shape index (κ1) is 22.3. The fourth-order valence-corrected chi connectivity index (χ4v) is 5.11. The summed E-state index contributed by atoms with van der Waals surface area (Å²) >= 11 is 0. The molecule has 0 bridgehead atoms. The highest BCUT2D eigenvalue weighted by atomic mass is 31.1. The van der Waals surface area contributed by atoms with Crippen LogP contribution in [0.5, 0.6) is 0 Å². The summed E-state index contributed by atoms with van der Waals surface area (Å²) < 4.78 is 22.4. The maximum absolute atomic E-state index is 13.5. The summed E-state index contributed by atoms with van der Waals surface area (Å²) in [6.45, 7) is 14.1. The zero-order chi connectivity index (χ0) is 19.1. The molecule has 1 rings (SSSR count). The van der Waals surface area contributed by atoms with Crippen molar-refractivity contribution in [1.29, 1.82) is 0 Å². The number of ether oxygens (including phenoxy) is 1. The van der Waals surface area contributed by atoms with E-state index in [1.165, 1.54) is 7.11 Å². The molecular formula is C19H36N2O3P+. The Morgan fingerprint density at radius 2 is 1.52 bits per heavy atom. The van der Waals surface area contributed by atoms with Gasteiger partial charge in [0.2, 0.25) is 0 Å². The summed E-state index contributed by atoms with van der Waals surface area (Å²) in [5, 5.41) is 0. The van der Waals surface area contributed by atoms with Crippen LogP contribution in [0.25, 0.3) is 0 Å². The summed E-state index contributed by atoms with van der Waals surface area (Å²) in [4.78, 5) is 12.4. The molecule has 144 valence electrons. The molecule has 0 amide bonds. The zero-order valence-electron chi connectivity index (χ0n) is 16.9. The molecule has 0 fully saturated rings. The molecule has 0 spiro atoms. The largest absolute Gasteiger partial charge is 0.539 e. The minimum absolute atomic E-state index is 0.228. The van der Waals surface area contributed by atoms with Gasteiger partial charge in [-0.1, -0.05) is 63.0 Å². The molecule has 1 heterocycles. The first-order valence-electron chi connectivity index (χ1n) is 9.42. The SMILES string of the molecule is COC(=O)C(CC(C)C)N1CC=CCN([C@@H](CC(C)C)C(C)C)[P+]1=O. The monoisotopic (exact) mass is 371 g/mol. The van der Waals surface area contributed by atoms with Gasteiger partial charge in [-0.05, 0) is 35.2 Å². The number of methoxy groups -OCH3 is 1. The van der Waals surface area contributed by atoms with Crippen LogP contribution in [-0.2, 0) is 14.1 Å². The smallest absolute Gasteiger partial charge is 0.468 e. The summed E-state index contributed by atoms with van der Waals surface area (Å²) in [5.74, 6) is 0.960. The van der Waals surface area contributed by atoms with Crippen molar-refractivity contribution >= 4 is 14.1 Å². The van der Waals surface area contributed by atoms with E-state index in [2.05, 4.69) is 52.3 Å². The van der Waals surface area contributed by atoms with Gasteiger partial charge in [-0.2, -0.15) is 0 Å². The summed E-state index contributed by atoms with van der Waals surface area (Å²) in [6.07, 6.45) is 5.74. The molecule has 6 heteroatoms. The van der Waals surface area contributed by atoms with Crippen molar-refractivity contribution in [1.82, 2.24) is 9.34 Å². The average molecular weight is 371 g/mol. The third-order valence-electron chi connectivity index (χ3n) is 4.58. The molecule has 2 unspecified atom stereocenters. The molecular weight excluding hydrogens is 335 g/mol. The van der Waals surface area contributed by atoms with Gasteiger partial charge in [0, 0.05) is 0 Å². The lowest BCUT2D eigenvalue weighted by Gasteiger charge is -2.29. The Morgan fingerprint density at radius 1 is 1.00 bits per heavy atom. The molecule has 5 nitrogen and oxygen atoms in total. The highest BCUT2D eigenvalue weighted by Crippen LogP contribution is 2.41. The Balaban J connectivity index is 3.13. The van der Waals surface area contributed by atoms with Gasteiger partial charge < -0.3 is 4.74 Å². The molecule has 0 aromatic rings. The number of rotatable bonds is 8. The topological polar surface area (TPSA) is 49.9 Å². The Bertz CT molecular complexity index is 477. The maximum atomic E-state index is 13.5. The predicted octanol–water partition coefficient (Wildman–Crippen LogP) is 4.48. The van der Waals surface area contributed by atoms with E-state index >= 15 is 0 Å². The first-order chi connectivity index (χ1) is 11.7. The second-order valence-corrected chi connectivity index (χ2v) is 9.61. The molecule has 3 atom stereocenters. The van der Waals surface area contributed by atoms with Crippen LogP contribution in [0.4, 0.5) is 0 Å². The number of esters is 1. The molecule has 0 N–H and O–H groups in total. The van der Waals surface area contributed by atoms with Crippen LogP contribution in [0.1, 0.15) is 54.4 Å². The number of hydrogen-bond acceptors (Lipinski definition) is 3. The van der Waals surface area contributed by atoms with E-state index in [9.17, 15) is 9.36 Å². The lowest BCUT2D eigenvalue weighted by Crippen LogP contribution is -2.43. The van der Waals surface area contributed by atoms with Crippen molar-refractivity contribution in [2.24, 2.45) is 17.8 Å². The van der Waals surface area contributed by atoms with Crippen LogP contribution in [0, 0.1) is 17.8 Å². The zero-order valence-corrected chi connectivity index (χ0v) is 17.8. The lowest BCUT2D eigenvalue weighted by molar-refractivity contribution is -0.145. The third kappa shape index (κ3) is 6.47. The second-order valence-electron chi connectivity index (χ2n) is 8.08. The number of nitrogens with zero attached hydrogens (tertiary/aromatic N) is 2. The third-order valence-corrected chi connectivity index (χ3v) is 6.37.